The lowest BCUT2D eigenvalue weighted by atomic mass is 9.99. The molecule has 25 heavy (non-hydrogen) atoms. The number of aliphatic carboxylic acids is 1. The van der Waals surface area contributed by atoms with Gasteiger partial charge in [-0.1, -0.05) is 28.1 Å². The Kier molecular flexibility index (Phi) is 5.27. The Morgan fingerprint density at radius 2 is 1.76 bits per heavy atom. The van der Waals surface area contributed by atoms with Crippen molar-refractivity contribution in [2.45, 2.75) is 6.18 Å². The van der Waals surface area contributed by atoms with Gasteiger partial charge in [-0.25, -0.2) is 4.79 Å². The van der Waals surface area contributed by atoms with Crippen molar-refractivity contribution in [1.82, 2.24) is 0 Å². The van der Waals surface area contributed by atoms with Crippen molar-refractivity contribution in [3.8, 4) is 0 Å². The van der Waals surface area contributed by atoms with Gasteiger partial charge in [0.2, 0.25) is 0 Å². The monoisotopic (exact) mass is 415 g/mol. The van der Waals surface area contributed by atoms with Crippen molar-refractivity contribution in [1.29, 1.82) is 0 Å². The highest BCUT2D eigenvalue weighted by atomic mass is 79.9. The molecule has 5 nitrogen and oxygen atoms in total. The fourth-order valence-corrected chi connectivity index (χ4v) is 2.33. The van der Waals surface area contributed by atoms with E-state index in [9.17, 15) is 33.2 Å². The van der Waals surface area contributed by atoms with Gasteiger partial charge in [-0.15, -0.1) is 0 Å². The molecule has 0 amide bonds. The van der Waals surface area contributed by atoms with Crippen LogP contribution in [0.3, 0.4) is 0 Å². The van der Waals surface area contributed by atoms with Crippen LogP contribution in [0.25, 0.3) is 11.6 Å². The molecule has 0 atom stereocenters. The van der Waals surface area contributed by atoms with Crippen LogP contribution < -0.4 is 0 Å². The number of nitro groups is 1. The maximum Gasteiger partial charge on any atom is 0.416 e. The minimum Gasteiger partial charge on any atom is -0.478 e. The fourth-order valence-electron chi connectivity index (χ4n) is 2.07. The largest absolute Gasteiger partial charge is 0.478 e. The van der Waals surface area contributed by atoms with Crippen LogP contribution in [0.4, 0.5) is 18.9 Å². The van der Waals surface area contributed by atoms with Gasteiger partial charge in [0.15, 0.2) is 0 Å². The van der Waals surface area contributed by atoms with Crippen LogP contribution in [0.5, 0.6) is 0 Å². The van der Waals surface area contributed by atoms with Gasteiger partial charge in [0, 0.05) is 10.5 Å². The average Bonchev–Trinajstić information content (AvgIpc) is 2.52. The van der Waals surface area contributed by atoms with E-state index >= 15 is 0 Å². The van der Waals surface area contributed by atoms with Crippen LogP contribution in [-0.4, -0.2) is 16.0 Å². The third-order valence-electron chi connectivity index (χ3n) is 3.22. The Morgan fingerprint density at radius 3 is 2.24 bits per heavy atom. The molecule has 0 saturated heterocycles. The normalized spacial score (nSPS) is 12.1. The molecule has 0 aliphatic carbocycles. The molecule has 0 unspecified atom stereocenters. The first-order valence-electron chi connectivity index (χ1n) is 6.66. The first kappa shape index (κ1) is 18.7. The Bertz CT molecular complexity index is 861. The Balaban J connectivity index is 2.64. The molecule has 0 aliphatic heterocycles. The smallest absolute Gasteiger partial charge is 0.416 e. The SMILES string of the molecule is O=C(O)C(=Cc1ccc(Br)cc1)c1ccc(C(F)(F)F)cc1[N+](=O)[O-]. The van der Waals surface area contributed by atoms with Crippen molar-refractivity contribution in [3.05, 3.63) is 73.7 Å². The van der Waals surface area contributed by atoms with E-state index in [0.717, 1.165) is 16.6 Å². The number of carbonyl (C=O) groups is 1. The van der Waals surface area contributed by atoms with Gasteiger partial charge < -0.3 is 5.11 Å². The molecule has 2 aromatic carbocycles. The number of halogens is 4. The van der Waals surface area contributed by atoms with Gasteiger partial charge in [-0.3, -0.25) is 10.1 Å². The molecule has 0 aromatic heterocycles. The number of hydrogen-bond acceptors (Lipinski definition) is 3. The molecular weight excluding hydrogens is 407 g/mol. The molecule has 9 heteroatoms. The predicted molar refractivity (Wildman–Crippen MR) is 87.7 cm³/mol. The summed E-state index contributed by atoms with van der Waals surface area (Å²) >= 11 is 3.21. The number of alkyl halides is 3. The second-order valence-corrected chi connectivity index (χ2v) is 5.82. The van der Waals surface area contributed by atoms with Crippen LogP contribution in [0.2, 0.25) is 0 Å². The minimum atomic E-state index is -4.78. The van der Waals surface area contributed by atoms with E-state index in [1.165, 1.54) is 0 Å². The second kappa shape index (κ2) is 7.06. The Morgan fingerprint density at radius 1 is 1.16 bits per heavy atom. The summed E-state index contributed by atoms with van der Waals surface area (Å²) in [4.78, 5) is 21.6. The quantitative estimate of drug-likeness (QED) is 0.329. The standard InChI is InChI=1S/C16H9BrF3NO4/c17-11-4-1-9(2-5-11)7-13(15(22)23)12-6-3-10(16(18,19)20)8-14(12)21(24)25/h1-8H,(H,22,23). The molecule has 0 spiro atoms. The molecular formula is C16H9BrF3NO4. The number of benzene rings is 2. The van der Waals surface area contributed by atoms with E-state index in [4.69, 9.17) is 0 Å². The summed E-state index contributed by atoms with van der Waals surface area (Å²) in [5.74, 6) is -1.49. The van der Waals surface area contributed by atoms with Gasteiger partial charge >= 0.3 is 12.1 Å². The average molecular weight is 416 g/mol. The highest BCUT2D eigenvalue weighted by molar-refractivity contribution is 9.10. The van der Waals surface area contributed by atoms with Crippen molar-refractivity contribution < 1.29 is 28.0 Å². The first-order chi connectivity index (χ1) is 11.6. The molecule has 130 valence electrons. The molecule has 0 heterocycles. The zero-order chi connectivity index (χ0) is 18.8. The summed E-state index contributed by atoms with van der Waals surface area (Å²) in [5, 5.41) is 20.5. The molecule has 1 N–H and O–H groups in total. The van der Waals surface area contributed by atoms with Gasteiger partial charge in [0.25, 0.3) is 5.69 Å². The topological polar surface area (TPSA) is 80.4 Å². The molecule has 0 aliphatic rings. The van der Waals surface area contributed by atoms with Crippen LogP contribution >= 0.6 is 15.9 Å². The maximum atomic E-state index is 12.7. The lowest BCUT2D eigenvalue weighted by Gasteiger charge is -2.09. The molecule has 0 bridgehead atoms. The van der Waals surface area contributed by atoms with Crippen molar-refractivity contribution in [3.63, 3.8) is 0 Å². The van der Waals surface area contributed by atoms with Crippen LogP contribution in [0.15, 0.2) is 46.9 Å². The maximum absolute atomic E-state index is 12.7. The molecule has 0 saturated carbocycles. The zero-order valence-corrected chi connectivity index (χ0v) is 13.8. The lowest BCUT2D eigenvalue weighted by Crippen LogP contribution is -2.08. The summed E-state index contributed by atoms with van der Waals surface area (Å²) in [6.45, 7) is 0. The van der Waals surface area contributed by atoms with Crippen LogP contribution in [0.1, 0.15) is 16.7 Å². The summed E-state index contributed by atoms with van der Waals surface area (Å²) < 4.78 is 39.0. The minimum absolute atomic E-state index is 0.327. The molecule has 2 aromatic rings. The van der Waals surface area contributed by atoms with Gasteiger partial charge in [0.1, 0.15) is 0 Å². The van der Waals surface area contributed by atoms with Gasteiger partial charge in [-0.2, -0.15) is 13.2 Å². The Labute approximate surface area is 147 Å². The van der Waals surface area contributed by atoms with Gasteiger partial charge in [-0.05, 0) is 35.9 Å². The van der Waals surface area contributed by atoms with Gasteiger partial charge in [0.05, 0.1) is 21.6 Å². The van der Waals surface area contributed by atoms with Crippen molar-refractivity contribution in [2.75, 3.05) is 0 Å². The van der Waals surface area contributed by atoms with E-state index in [-0.39, 0.29) is 0 Å². The highest BCUT2D eigenvalue weighted by Crippen LogP contribution is 2.35. The molecule has 2 rings (SSSR count). The van der Waals surface area contributed by atoms with E-state index in [0.29, 0.717) is 17.7 Å². The number of nitro benzene ring substituents is 1. The van der Waals surface area contributed by atoms with E-state index in [1.807, 2.05) is 0 Å². The first-order valence-corrected chi connectivity index (χ1v) is 7.45. The summed E-state index contributed by atoms with van der Waals surface area (Å²) in [5.41, 5.74) is -2.62. The number of carboxylic acid groups (broad SMARTS) is 1. The molecule has 0 fully saturated rings. The number of hydrogen-bond donors (Lipinski definition) is 1. The predicted octanol–water partition coefficient (Wildman–Crippen LogP) is 5.00. The zero-order valence-electron chi connectivity index (χ0n) is 12.2. The van der Waals surface area contributed by atoms with Crippen molar-refractivity contribution >= 4 is 39.2 Å². The number of carboxylic acids is 1. The van der Waals surface area contributed by atoms with Crippen molar-refractivity contribution in [2.24, 2.45) is 0 Å². The summed E-state index contributed by atoms with van der Waals surface area (Å²) in [7, 11) is 0. The van der Waals surface area contributed by atoms with Crippen LogP contribution in [0, 0.1) is 10.1 Å². The van der Waals surface area contributed by atoms with E-state index in [2.05, 4.69) is 15.9 Å². The molecule has 0 radical (unpaired) electrons. The van der Waals surface area contributed by atoms with E-state index < -0.39 is 39.5 Å². The summed E-state index contributed by atoms with van der Waals surface area (Å²) in [6.07, 6.45) is -3.62. The summed E-state index contributed by atoms with van der Waals surface area (Å²) in [6, 6.07) is 8.11. The lowest BCUT2D eigenvalue weighted by molar-refractivity contribution is -0.385. The third kappa shape index (κ3) is 4.44. The second-order valence-electron chi connectivity index (χ2n) is 4.90. The fraction of sp³-hybridized carbons (Fsp3) is 0.0625. The number of nitrogens with zero attached hydrogens (tertiary/aromatic N) is 1. The third-order valence-corrected chi connectivity index (χ3v) is 3.75. The van der Waals surface area contributed by atoms with Crippen LogP contribution in [-0.2, 0) is 11.0 Å². The number of rotatable bonds is 4. The Hall–Kier alpha value is -2.68. The highest BCUT2D eigenvalue weighted by Gasteiger charge is 2.34. The van der Waals surface area contributed by atoms with E-state index in [1.54, 1.807) is 24.3 Å².